The topological polar surface area (TPSA) is 101 Å². The van der Waals surface area contributed by atoms with Crippen LogP contribution in [0.15, 0.2) is 59.4 Å². The molecule has 0 saturated heterocycles. The lowest BCUT2D eigenvalue weighted by Crippen LogP contribution is -2.33. The molecule has 3 rings (SSSR count). The van der Waals surface area contributed by atoms with E-state index in [1.807, 2.05) is 0 Å². The minimum atomic E-state index is -1.32. The summed E-state index contributed by atoms with van der Waals surface area (Å²) in [6, 6.07) is 4.07. The largest absolute Gasteiger partial charge is 0.498 e. The predicted molar refractivity (Wildman–Crippen MR) is 150 cm³/mol. The summed E-state index contributed by atoms with van der Waals surface area (Å²) in [5.41, 5.74) is 1.21. The SMILES string of the molecule is BC(B)(OC(/C=C(/C)N(C=O)c1cc(-c2ccnc(C(C)(C)O)n2)ncc1C)=C(/C)Cl)c1ncc(F)cc1F. The number of hydrogen-bond donors (Lipinski definition) is 1. The van der Waals surface area contributed by atoms with Gasteiger partial charge >= 0.3 is 0 Å². The Kier molecular flexibility index (Phi) is 8.92. The van der Waals surface area contributed by atoms with Crippen molar-refractivity contribution < 1.29 is 23.4 Å². The molecule has 1 N–H and O–H groups in total. The Labute approximate surface area is 232 Å². The highest BCUT2D eigenvalue weighted by molar-refractivity contribution is 6.38. The molecule has 1 amide bonds. The third-order valence-corrected chi connectivity index (χ3v) is 5.89. The monoisotopic (exact) mass is 553 g/mol. The molecule has 3 heterocycles. The van der Waals surface area contributed by atoms with Crippen molar-refractivity contribution in [3.63, 3.8) is 0 Å². The lowest BCUT2D eigenvalue weighted by molar-refractivity contribution is -0.107. The second-order valence-corrected chi connectivity index (χ2v) is 10.5. The Balaban J connectivity index is 1.99. The van der Waals surface area contributed by atoms with Crippen molar-refractivity contribution in [2.45, 2.75) is 45.6 Å². The van der Waals surface area contributed by atoms with E-state index in [-0.39, 0.29) is 22.3 Å². The molecule has 0 fully saturated rings. The summed E-state index contributed by atoms with van der Waals surface area (Å²) in [4.78, 5) is 30.5. The third-order valence-electron chi connectivity index (χ3n) is 5.71. The minimum absolute atomic E-state index is 0.109. The van der Waals surface area contributed by atoms with Crippen LogP contribution in [0.2, 0.25) is 0 Å². The second-order valence-electron chi connectivity index (χ2n) is 9.94. The smallest absolute Gasteiger partial charge is 0.218 e. The Morgan fingerprint density at radius 3 is 2.41 bits per heavy atom. The standard InChI is InChI=1S/C26H28B2ClF2N5O3/c1-14-11-33-20(19-6-7-32-24(35-19)25(4,5)38)10-21(14)36(13-37)15(2)8-22(16(3)29)39-26(27,28)23-18(31)9-17(30)12-34-23/h6-13,38H,27-28H2,1-5H3/b15-8-,22-16-. The first-order valence-corrected chi connectivity index (χ1v) is 12.3. The predicted octanol–water partition coefficient (Wildman–Crippen LogP) is 3.18. The molecule has 0 radical (unpaired) electrons. The van der Waals surface area contributed by atoms with Gasteiger partial charge in [-0.3, -0.25) is 19.7 Å². The Morgan fingerprint density at radius 2 is 1.82 bits per heavy atom. The Hall–Kier alpha value is -3.63. The van der Waals surface area contributed by atoms with Gasteiger partial charge in [-0.05, 0) is 52.3 Å². The Morgan fingerprint density at radius 1 is 1.13 bits per heavy atom. The molecule has 8 nitrogen and oxygen atoms in total. The van der Waals surface area contributed by atoms with E-state index in [1.165, 1.54) is 17.2 Å². The first-order valence-electron chi connectivity index (χ1n) is 12.0. The maximum Gasteiger partial charge on any atom is 0.218 e. The summed E-state index contributed by atoms with van der Waals surface area (Å²) in [6.07, 6.45) is 6.20. The zero-order valence-electron chi connectivity index (χ0n) is 22.8. The molecule has 0 saturated carbocycles. The average molecular weight is 554 g/mol. The molecule has 0 aliphatic rings. The molecule has 0 bridgehead atoms. The number of aliphatic hydroxyl groups is 1. The highest BCUT2D eigenvalue weighted by atomic mass is 35.5. The van der Waals surface area contributed by atoms with E-state index in [0.717, 1.165) is 12.3 Å². The van der Waals surface area contributed by atoms with Crippen LogP contribution < -0.4 is 4.90 Å². The van der Waals surface area contributed by atoms with E-state index in [2.05, 4.69) is 19.9 Å². The fourth-order valence-corrected chi connectivity index (χ4v) is 3.77. The third kappa shape index (κ3) is 7.07. The first kappa shape index (κ1) is 29.9. The number of halogens is 3. The fraction of sp³-hybridized carbons (Fsp3) is 0.269. The fourth-order valence-electron chi connectivity index (χ4n) is 3.68. The van der Waals surface area contributed by atoms with Gasteiger partial charge in [0.1, 0.15) is 28.7 Å². The van der Waals surface area contributed by atoms with Crippen molar-refractivity contribution in [1.29, 1.82) is 0 Å². The number of amides is 1. The van der Waals surface area contributed by atoms with Gasteiger partial charge in [-0.15, -0.1) is 0 Å². The van der Waals surface area contributed by atoms with Crippen LogP contribution in [-0.4, -0.2) is 47.1 Å². The number of ether oxygens (including phenoxy) is 1. The molecular weight excluding hydrogens is 525 g/mol. The number of carbonyl (C=O) groups is 1. The van der Waals surface area contributed by atoms with Crippen LogP contribution in [0.5, 0.6) is 0 Å². The molecule has 3 aromatic heterocycles. The molecule has 0 aromatic carbocycles. The van der Waals surface area contributed by atoms with Crippen LogP contribution in [0.1, 0.15) is 44.8 Å². The van der Waals surface area contributed by atoms with Crippen LogP contribution in [0.4, 0.5) is 14.5 Å². The summed E-state index contributed by atoms with van der Waals surface area (Å²) >= 11 is 6.31. The normalized spacial score (nSPS) is 13.1. The van der Waals surface area contributed by atoms with Gasteiger partial charge in [0.05, 0.1) is 33.7 Å². The van der Waals surface area contributed by atoms with Crippen LogP contribution in [0.3, 0.4) is 0 Å². The number of aromatic nitrogens is 4. The summed E-state index contributed by atoms with van der Waals surface area (Å²) in [6.45, 7) is 8.22. The molecule has 202 valence electrons. The Bertz CT molecular complexity index is 1460. The van der Waals surface area contributed by atoms with E-state index in [0.29, 0.717) is 34.7 Å². The number of anilines is 1. The van der Waals surface area contributed by atoms with Gasteiger partial charge in [-0.1, -0.05) is 11.6 Å². The van der Waals surface area contributed by atoms with E-state index < -0.39 is 22.6 Å². The minimum Gasteiger partial charge on any atom is -0.498 e. The van der Waals surface area contributed by atoms with Crippen molar-refractivity contribution >= 4 is 39.4 Å². The van der Waals surface area contributed by atoms with Crippen LogP contribution in [0.25, 0.3) is 11.4 Å². The van der Waals surface area contributed by atoms with Crippen molar-refractivity contribution in [2.24, 2.45) is 0 Å². The number of pyridine rings is 2. The maximum atomic E-state index is 14.4. The lowest BCUT2D eigenvalue weighted by Gasteiger charge is -2.29. The molecular formula is C26H28B2ClF2N5O3. The van der Waals surface area contributed by atoms with E-state index in [1.54, 1.807) is 68.6 Å². The van der Waals surface area contributed by atoms with Gasteiger partial charge in [-0.2, -0.15) is 0 Å². The summed E-state index contributed by atoms with van der Waals surface area (Å²) in [5.74, 6) is -1.28. The van der Waals surface area contributed by atoms with E-state index in [9.17, 15) is 18.7 Å². The molecule has 39 heavy (non-hydrogen) atoms. The summed E-state index contributed by atoms with van der Waals surface area (Å²) in [5, 5.41) is 9.21. The number of allylic oxidation sites excluding steroid dienone is 3. The maximum absolute atomic E-state index is 14.4. The zero-order valence-corrected chi connectivity index (χ0v) is 23.5. The van der Waals surface area contributed by atoms with Gasteiger partial charge in [0.15, 0.2) is 21.5 Å². The van der Waals surface area contributed by atoms with Gasteiger partial charge in [-0.25, -0.2) is 18.7 Å². The van der Waals surface area contributed by atoms with Crippen molar-refractivity contribution in [3.05, 3.63) is 88.1 Å². The van der Waals surface area contributed by atoms with Crippen molar-refractivity contribution in [3.8, 4) is 11.4 Å². The number of carbonyl (C=O) groups excluding carboxylic acids is 1. The lowest BCUT2D eigenvalue weighted by atomic mass is 9.62. The molecule has 3 aromatic rings. The molecule has 0 unspecified atom stereocenters. The molecule has 0 atom stereocenters. The highest BCUT2D eigenvalue weighted by Crippen LogP contribution is 2.30. The number of rotatable bonds is 9. The second kappa shape index (κ2) is 11.6. The molecule has 0 aliphatic heterocycles. The zero-order chi connectivity index (χ0) is 29.1. The van der Waals surface area contributed by atoms with E-state index in [4.69, 9.17) is 16.3 Å². The summed E-state index contributed by atoms with van der Waals surface area (Å²) in [7, 11) is 3.14. The van der Waals surface area contributed by atoms with Crippen molar-refractivity contribution in [2.75, 3.05) is 4.90 Å². The van der Waals surface area contributed by atoms with Gasteiger partial charge in [0.25, 0.3) is 0 Å². The van der Waals surface area contributed by atoms with Crippen LogP contribution >= 0.6 is 11.6 Å². The van der Waals surface area contributed by atoms with Crippen LogP contribution in [0, 0.1) is 18.6 Å². The molecule has 13 heteroatoms. The number of aryl methyl sites for hydroxylation is 1. The molecule has 0 spiro atoms. The van der Waals surface area contributed by atoms with Gasteiger partial charge in [0, 0.05) is 30.2 Å². The van der Waals surface area contributed by atoms with Gasteiger partial charge < -0.3 is 9.84 Å². The quantitative estimate of drug-likeness (QED) is 0.188. The highest BCUT2D eigenvalue weighted by Gasteiger charge is 2.29. The first-order chi connectivity index (χ1) is 18.1. The van der Waals surface area contributed by atoms with Crippen molar-refractivity contribution in [1.82, 2.24) is 19.9 Å². The number of hydrogen-bond acceptors (Lipinski definition) is 7. The van der Waals surface area contributed by atoms with Crippen LogP contribution in [-0.2, 0) is 20.5 Å². The van der Waals surface area contributed by atoms with E-state index >= 15 is 0 Å². The number of nitrogens with zero attached hydrogens (tertiary/aromatic N) is 5. The molecule has 0 aliphatic carbocycles. The average Bonchev–Trinajstić information content (AvgIpc) is 2.84. The van der Waals surface area contributed by atoms with Gasteiger partial charge in [0.2, 0.25) is 6.41 Å². The summed E-state index contributed by atoms with van der Waals surface area (Å²) < 4.78 is 33.9.